The maximum atomic E-state index is 13.6. The first-order valence-electron chi connectivity index (χ1n) is 11.3. The number of phenols is 5. The Balaban J connectivity index is 1.86. The molecule has 11 nitrogen and oxygen atoms in total. The zero-order valence-electron chi connectivity index (χ0n) is 20.0. The summed E-state index contributed by atoms with van der Waals surface area (Å²) in [6.45, 7) is 1.26. The number of aryl methyl sites for hydroxylation is 1. The number of hydrogen-bond donors (Lipinski definition) is 6. The van der Waals surface area contributed by atoms with E-state index in [2.05, 4.69) is 0 Å². The number of carboxylic acid groups (broad SMARTS) is 1. The Hall–Kier alpha value is -5.06. The minimum atomic E-state index is -1.54. The maximum Gasteiger partial charge on any atom is 0.339 e. The Morgan fingerprint density at radius 2 is 1.39 bits per heavy atom. The molecule has 11 heteroatoms. The fraction of sp³-hybridized carbons (Fsp3) is 0.185. The molecule has 0 saturated carbocycles. The van der Waals surface area contributed by atoms with E-state index in [0.717, 1.165) is 13.2 Å². The SMILES string of the molecule is COc1cc(O)c2c(c1O)C(=O)c1c(O)c3c(c(O)c1C2=O)CCc1cc(CC(C)=O)c(C(=O)O)c(O)c1-3. The van der Waals surface area contributed by atoms with Crippen molar-refractivity contribution >= 4 is 23.3 Å². The van der Waals surface area contributed by atoms with Crippen LogP contribution >= 0.6 is 0 Å². The Kier molecular flexibility index (Phi) is 5.34. The minimum absolute atomic E-state index is 0.0224. The number of aromatic hydroxyl groups is 5. The first kappa shape index (κ1) is 24.6. The molecular formula is C27H20O11. The van der Waals surface area contributed by atoms with Crippen molar-refractivity contribution in [1.82, 2.24) is 0 Å². The van der Waals surface area contributed by atoms with E-state index in [9.17, 15) is 49.8 Å². The van der Waals surface area contributed by atoms with Crippen LogP contribution in [0.5, 0.6) is 34.5 Å². The highest BCUT2D eigenvalue weighted by molar-refractivity contribution is 6.33. The van der Waals surface area contributed by atoms with Crippen LogP contribution in [0.2, 0.25) is 0 Å². The van der Waals surface area contributed by atoms with Crippen molar-refractivity contribution < 1.29 is 54.6 Å². The van der Waals surface area contributed by atoms with E-state index in [-0.39, 0.29) is 53.0 Å². The lowest BCUT2D eigenvalue weighted by atomic mass is 9.74. The number of carbonyl (C=O) groups is 4. The lowest BCUT2D eigenvalue weighted by Gasteiger charge is -2.29. The molecule has 194 valence electrons. The number of aromatic carboxylic acids is 1. The number of hydrogen-bond acceptors (Lipinski definition) is 10. The van der Waals surface area contributed by atoms with E-state index in [4.69, 9.17) is 4.74 Å². The fourth-order valence-electron chi connectivity index (χ4n) is 5.39. The number of methoxy groups -OCH3 is 1. The van der Waals surface area contributed by atoms with Crippen LogP contribution in [0.1, 0.15) is 65.8 Å². The molecule has 0 aliphatic heterocycles. The van der Waals surface area contributed by atoms with Gasteiger partial charge in [-0.25, -0.2) is 4.79 Å². The number of benzene rings is 3. The van der Waals surface area contributed by atoms with Crippen LogP contribution in [0.25, 0.3) is 11.1 Å². The smallest absolute Gasteiger partial charge is 0.339 e. The molecule has 6 N–H and O–H groups in total. The van der Waals surface area contributed by atoms with Crippen LogP contribution in [0.4, 0.5) is 0 Å². The third kappa shape index (κ3) is 3.14. The number of ketones is 3. The van der Waals surface area contributed by atoms with Crippen LogP contribution in [-0.2, 0) is 24.1 Å². The summed E-state index contributed by atoms with van der Waals surface area (Å²) in [7, 11) is 1.16. The summed E-state index contributed by atoms with van der Waals surface area (Å²) in [5.74, 6) is -8.13. The summed E-state index contributed by atoms with van der Waals surface area (Å²) in [6, 6.07) is 2.34. The second-order valence-corrected chi connectivity index (χ2v) is 9.13. The summed E-state index contributed by atoms with van der Waals surface area (Å²) in [5.41, 5.74) is -3.17. The number of ether oxygens (including phenoxy) is 1. The molecular weight excluding hydrogens is 500 g/mol. The van der Waals surface area contributed by atoms with Gasteiger partial charge in [0.05, 0.1) is 29.4 Å². The second-order valence-electron chi connectivity index (χ2n) is 9.13. The third-order valence-corrected chi connectivity index (χ3v) is 6.93. The predicted octanol–water partition coefficient (Wildman–Crippen LogP) is 2.59. The van der Waals surface area contributed by atoms with Gasteiger partial charge in [-0.05, 0) is 30.9 Å². The number of fused-ring (bicyclic) bond motifs is 5. The van der Waals surface area contributed by atoms with E-state index in [1.165, 1.54) is 13.0 Å². The molecule has 0 unspecified atom stereocenters. The van der Waals surface area contributed by atoms with Gasteiger partial charge in [0.2, 0.25) is 11.6 Å². The summed E-state index contributed by atoms with van der Waals surface area (Å²) < 4.78 is 4.95. The number of carboxylic acids is 1. The van der Waals surface area contributed by atoms with E-state index in [1.807, 2.05) is 0 Å². The summed E-state index contributed by atoms with van der Waals surface area (Å²) in [6.07, 6.45) is -0.117. The lowest BCUT2D eigenvalue weighted by molar-refractivity contribution is -0.116. The standard InChI is InChI=1S/C27H20O11/c1-8(28)5-10-6-9-3-4-11-16(14(9)23(32)15(10)27(36)37)24(33)20-19(21(11)30)25(34)17-12(29)7-13(38-2)22(31)18(17)26(20)35/h6-7,29-33H,3-5H2,1-2H3,(H,36,37). The van der Waals surface area contributed by atoms with Gasteiger partial charge in [-0.15, -0.1) is 0 Å². The first-order valence-corrected chi connectivity index (χ1v) is 11.3. The predicted molar refractivity (Wildman–Crippen MR) is 129 cm³/mol. The lowest BCUT2D eigenvalue weighted by Crippen LogP contribution is -2.23. The summed E-state index contributed by atoms with van der Waals surface area (Å²) in [4.78, 5) is 50.7. The number of rotatable bonds is 4. The molecule has 0 heterocycles. The normalized spacial score (nSPS) is 13.3. The van der Waals surface area contributed by atoms with Crippen molar-refractivity contribution in [2.24, 2.45) is 0 Å². The monoisotopic (exact) mass is 520 g/mol. The Labute approximate surface area is 213 Å². The summed E-state index contributed by atoms with van der Waals surface area (Å²) in [5, 5.41) is 64.3. The molecule has 2 aliphatic carbocycles. The van der Waals surface area contributed by atoms with Gasteiger partial charge in [0.25, 0.3) is 0 Å². The van der Waals surface area contributed by atoms with Crippen molar-refractivity contribution in [3.8, 4) is 45.6 Å². The van der Waals surface area contributed by atoms with E-state index in [1.54, 1.807) is 0 Å². The van der Waals surface area contributed by atoms with Crippen molar-refractivity contribution in [2.45, 2.75) is 26.2 Å². The molecule has 0 amide bonds. The van der Waals surface area contributed by atoms with Crippen LogP contribution in [0.3, 0.4) is 0 Å². The van der Waals surface area contributed by atoms with Gasteiger partial charge in [-0.3, -0.25) is 14.4 Å². The molecule has 0 saturated heterocycles. The van der Waals surface area contributed by atoms with Crippen LogP contribution < -0.4 is 4.74 Å². The molecule has 5 rings (SSSR count). The van der Waals surface area contributed by atoms with Gasteiger partial charge in [0, 0.05) is 29.2 Å². The molecule has 0 atom stereocenters. The molecule has 0 radical (unpaired) electrons. The Morgan fingerprint density at radius 1 is 0.789 bits per heavy atom. The van der Waals surface area contributed by atoms with E-state index < -0.39 is 74.1 Å². The van der Waals surface area contributed by atoms with Crippen molar-refractivity contribution in [1.29, 1.82) is 0 Å². The van der Waals surface area contributed by atoms with Crippen molar-refractivity contribution in [3.05, 3.63) is 56.6 Å². The average molecular weight is 520 g/mol. The molecule has 0 spiro atoms. The molecule has 0 bridgehead atoms. The molecule has 2 aliphatic rings. The second kappa shape index (κ2) is 8.23. The molecule has 38 heavy (non-hydrogen) atoms. The van der Waals surface area contributed by atoms with Crippen LogP contribution in [0.15, 0.2) is 12.1 Å². The van der Waals surface area contributed by atoms with Gasteiger partial charge < -0.3 is 35.4 Å². The van der Waals surface area contributed by atoms with Gasteiger partial charge in [0.15, 0.2) is 11.5 Å². The highest BCUT2D eigenvalue weighted by atomic mass is 16.5. The van der Waals surface area contributed by atoms with Gasteiger partial charge in [-0.1, -0.05) is 6.07 Å². The zero-order chi connectivity index (χ0) is 27.8. The highest BCUT2D eigenvalue weighted by Crippen LogP contribution is 2.55. The average Bonchev–Trinajstić information content (AvgIpc) is 2.84. The number of phenolic OH excluding ortho intramolecular Hbond substituents is 4. The summed E-state index contributed by atoms with van der Waals surface area (Å²) >= 11 is 0. The highest BCUT2D eigenvalue weighted by Gasteiger charge is 2.43. The fourth-order valence-corrected chi connectivity index (χ4v) is 5.39. The third-order valence-electron chi connectivity index (χ3n) is 6.93. The van der Waals surface area contributed by atoms with Crippen molar-refractivity contribution in [3.63, 3.8) is 0 Å². The quantitative estimate of drug-likeness (QED) is 0.216. The van der Waals surface area contributed by atoms with Gasteiger partial charge in [0.1, 0.15) is 34.3 Å². The number of Topliss-reactive ketones (excluding diaryl/α,β-unsaturated/α-hetero) is 1. The van der Waals surface area contributed by atoms with Crippen molar-refractivity contribution in [2.75, 3.05) is 7.11 Å². The van der Waals surface area contributed by atoms with Gasteiger partial charge in [-0.2, -0.15) is 0 Å². The maximum absolute atomic E-state index is 13.6. The first-order chi connectivity index (χ1) is 17.9. The Bertz CT molecular complexity index is 1660. The molecule has 0 aromatic heterocycles. The topological polar surface area (TPSA) is 199 Å². The minimum Gasteiger partial charge on any atom is -0.507 e. The number of carbonyl (C=O) groups excluding carboxylic acids is 3. The molecule has 3 aromatic rings. The largest absolute Gasteiger partial charge is 0.507 e. The van der Waals surface area contributed by atoms with E-state index >= 15 is 0 Å². The van der Waals surface area contributed by atoms with Crippen LogP contribution in [0, 0.1) is 0 Å². The Morgan fingerprint density at radius 3 is 2.00 bits per heavy atom. The molecule has 0 fully saturated rings. The zero-order valence-corrected chi connectivity index (χ0v) is 20.0. The molecule has 3 aromatic carbocycles. The van der Waals surface area contributed by atoms with E-state index in [0.29, 0.717) is 5.56 Å². The van der Waals surface area contributed by atoms with Crippen LogP contribution in [-0.4, -0.2) is 61.1 Å². The van der Waals surface area contributed by atoms with Gasteiger partial charge >= 0.3 is 5.97 Å².